The van der Waals surface area contributed by atoms with Crippen LogP contribution < -0.4 is 9.64 Å². The molecule has 2 heterocycles. The van der Waals surface area contributed by atoms with Gasteiger partial charge in [-0.25, -0.2) is 4.98 Å². The minimum atomic E-state index is 0.516. The maximum atomic E-state index is 5.96. The van der Waals surface area contributed by atoms with E-state index < -0.39 is 0 Å². The van der Waals surface area contributed by atoms with Gasteiger partial charge in [-0.2, -0.15) is 0 Å². The molecule has 0 unspecified atom stereocenters. The van der Waals surface area contributed by atoms with Crippen molar-refractivity contribution in [3.63, 3.8) is 0 Å². The van der Waals surface area contributed by atoms with Crippen LogP contribution in [-0.2, 0) is 0 Å². The van der Waals surface area contributed by atoms with Crippen LogP contribution in [0.15, 0.2) is 12.1 Å². The Kier molecular flexibility index (Phi) is 4.07. The summed E-state index contributed by atoms with van der Waals surface area (Å²) >= 11 is 5.96. The number of hydrogen-bond donors (Lipinski definition) is 0. The van der Waals surface area contributed by atoms with Crippen LogP contribution in [0, 0.1) is 0 Å². The third-order valence-electron chi connectivity index (χ3n) is 2.91. The summed E-state index contributed by atoms with van der Waals surface area (Å²) in [6.45, 7) is 6.62. The van der Waals surface area contributed by atoms with Gasteiger partial charge in [0.25, 0.3) is 0 Å². The fourth-order valence-electron chi connectivity index (χ4n) is 1.93. The number of rotatable bonds is 3. The van der Waals surface area contributed by atoms with Gasteiger partial charge in [0, 0.05) is 26.2 Å². The van der Waals surface area contributed by atoms with Gasteiger partial charge in [0.05, 0.1) is 6.61 Å². The lowest BCUT2D eigenvalue weighted by atomic mass is 10.3. The maximum absolute atomic E-state index is 5.96. The number of nitrogens with zero attached hydrogens (tertiary/aromatic N) is 3. The highest BCUT2D eigenvalue weighted by Crippen LogP contribution is 2.28. The van der Waals surface area contributed by atoms with Crippen molar-refractivity contribution in [1.29, 1.82) is 0 Å². The van der Waals surface area contributed by atoms with E-state index in [1.54, 1.807) is 6.07 Å². The topological polar surface area (TPSA) is 28.6 Å². The van der Waals surface area contributed by atoms with Crippen LogP contribution in [0.1, 0.15) is 6.92 Å². The second-order valence-corrected chi connectivity index (χ2v) is 4.57. The van der Waals surface area contributed by atoms with Gasteiger partial charge in [0.1, 0.15) is 5.15 Å². The number of likely N-dealkylation sites (N-methyl/N-ethyl adjacent to an activating group) is 1. The fourth-order valence-corrected chi connectivity index (χ4v) is 2.07. The van der Waals surface area contributed by atoms with Gasteiger partial charge in [0.15, 0.2) is 11.6 Å². The zero-order valence-electron chi connectivity index (χ0n) is 10.3. The van der Waals surface area contributed by atoms with Crippen LogP contribution >= 0.6 is 11.6 Å². The summed E-state index contributed by atoms with van der Waals surface area (Å²) in [7, 11) is 2.13. The van der Waals surface area contributed by atoms with E-state index in [1.807, 2.05) is 13.0 Å². The largest absolute Gasteiger partial charge is 0.490 e. The minimum absolute atomic E-state index is 0.516. The van der Waals surface area contributed by atoms with E-state index in [0.29, 0.717) is 11.8 Å². The van der Waals surface area contributed by atoms with E-state index in [1.165, 1.54) is 0 Å². The average Bonchev–Trinajstić information content (AvgIpc) is 2.33. The molecule has 1 aliphatic rings. The first-order valence-electron chi connectivity index (χ1n) is 5.93. The van der Waals surface area contributed by atoms with Gasteiger partial charge in [-0.3, -0.25) is 0 Å². The summed E-state index contributed by atoms with van der Waals surface area (Å²) in [6.07, 6.45) is 0. The van der Waals surface area contributed by atoms with Crippen LogP contribution in [-0.4, -0.2) is 49.7 Å². The van der Waals surface area contributed by atoms with Crippen molar-refractivity contribution >= 4 is 17.4 Å². The zero-order valence-corrected chi connectivity index (χ0v) is 11.1. The van der Waals surface area contributed by atoms with Gasteiger partial charge >= 0.3 is 0 Å². The molecule has 0 spiro atoms. The summed E-state index contributed by atoms with van der Waals surface area (Å²) in [4.78, 5) is 8.93. The van der Waals surface area contributed by atoms with Crippen LogP contribution in [0.5, 0.6) is 5.75 Å². The number of halogens is 1. The molecular formula is C12H18ClN3O. The molecule has 1 aromatic rings. The van der Waals surface area contributed by atoms with E-state index in [2.05, 4.69) is 21.8 Å². The Hall–Kier alpha value is -1.00. The molecule has 0 atom stereocenters. The Morgan fingerprint density at radius 1 is 1.29 bits per heavy atom. The Morgan fingerprint density at radius 2 is 2.00 bits per heavy atom. The molecule has 0 radical (unpaired) electrons. The number of aromatic nitrogens is 1. The van der Waals surface area contributed by atoms with Crippen molar-refractivity contribution in [3.8, 4) is 5.75 Å². The fraction of sp³-hybridized carbons (Fsp3) is 0.583. The molecule has 94 valence electrons. The van der Waals surface area contributed by atoms with Gasteiger partial charge in [-0.15, -0.1) is 0 Å². The molecule has 1 aromatic heterocycles. The van der Waals surface area contributed by atoms with Crippen molar-refractivity contribution in [3.05, 3.63) is 17.3 Å². The van der Waals surface area contributed by atoms with Gasteiger partial charge in [0.2, 0.25) is 0 Å². The third kappa shape index (κ3) is 3.01. The van der Waals surface area contributed by atoms with Crippen LogP contribution in [0.4, 0.5) is 5.82 Å². The number of ether oxygens (including phenoxy) is 1. The van der Waals surface area contributed by atoms with E-state index in [9.17, 15) is 0 Å². The molecule has 2 rings (SSSR count). The monoisotopic (exact) mass is 255 g/mol. The SMILES string of the molecule is CCOc1ccc(Cl)nc1N1CCN(C)CC1. The van der Waals surface area contributed by atoms with Crippen molar-refractivity contribution in [2.45, 2.75) is 6.92 Å². The molecule has 0 amide bonds. The van der Waals surface area contributed by atoms with Crippen molar-refractivity contribution in [2.75, 3.05) is 44.7 Å². The van der Waals surface area contributed by atoms with Crippen LogP contribution in [0.3, 0.4) is 0 Å². The summed E-state index contributed by atoms with van der Waals surface area (Å²) < 4.78 is 5.60. The lowest BCUT2D eigenvalue weighted by Gasteiger charge is -2.33. The van der Waals surface area contributed by atoms with E-state index in [4.69, 9.17) is 16.3 Å². The molecular weight excluding hydrogens is 238 g/mol. The number of hydrogen-bond acceptors (Lipinski definition) is 4. The first kappa shape index (κ1) is 12.5. The van der Waals surface area contributed by atoms with Crippen molar-refractivity contribution < 1.29 is 4.74 Å². The van der Waals surface area contributed by atoms with Crippen molar-refractivity contribution in [1.82, 2.24) is 9.88 Å². The Labute approximate surface area is 107 Å². The number of pyridine rings is 1. The average molecular weight is 256 g/mol. The predicted octanol–water partition coefficient (Wildman–Crippen LogP) is 1.89. The molecule has 1 aliphatic heterocycles. The first-order valence-corrected chi connectivity index (χ1v) is 6.31. The Morgan fingerprint density at radius 3 is 2.65 bits per heavy atom. The standard InChI is InChI=1S/C12H18ClN3O/c1-3-17-10-4-5-11(13)14-12(10)16-8-6-15(2)7-9-16/h4-5H,3,6-9H2,1-2H3. The molecule has 4 nitrogen and oxygen atoms in total. The zero-order chi connectivity index (χ0) is 12.3. The van der Waals surface area contributed by atoms with Crippen LogP contribution in [0.2, 0.25) is 5.15 Å². The molecule has 17 heavy (non-hydrogen) atoms. The highest BCUT2D eigenvalue weighted by Gasteiger charge is 2.19. The highest BCUT2D eigenvalue weighted by atomic mass is 35.5. The molecule has 1 fully saturated rings. The normalized spacial score (nSPS) is 17.2. The molecule has 0 N–H and O–H groups in total. The van der Waals surface area contributed by atoms with Gasteiger partial charge in [-0.05, 0) is 26.1 Å². The van der Waals surface area contributed by atoms with Crippen molar-refractivity contribution in [2.24, 2.45) is 0 Å². The second-order valence-electron chi connectivity index (χ2n) is 4.18. The number of piperazine rings is 1. The summed E-state index contributed by atoms with van der Waals surface area (Å²) in [6, 6.07) is 3.67. The quantitative estimate of drug-likeness (QED) is 0.772. The first-order chi connectivity index (χ1) is 8.20. The third-order valence-corrected chi connectivity index (χ3v) is 3.12. The van der Waals surface area contributed by atoms with E-state index in [0.717, 1.165) is 37.7 Å². The minimum Gasteiger partial charge on any atom is -0.490 e. The second kappa shape index (κ2) is 5.56. The predicted molar refractivity (Wildman–Crippen MR) is 70.1 cm³/mol. The van der Waals surface area contributed by atoms with Gasteiger partial charge < -0.3 is 14.5 Å². The van der Waals surface area contributed by atoms with E-state index >= 15 is 0 Å². The molecule has 0 aromatic carbocycles. The summed E-state index contributed by atoms with van der Waals surface area (Å²) in [5, 5.41) is 0.516. The Bertz CT molecular complexity index is 378. The number of anilines is 1. The molecule has 0 bridgehead atoms. The molecule has 1 saturated heterocycles. The Balaban J connectivity index is 2.20. The van der Waals surface area contributed by atoms with Crippen LogP contribution in [0.25, 0.3) is 0 Å². The van der Waals surface area contributed by atoms with E-state index in [-0.39, 0.29) is 0 Å². The lowest BCUT2D eigenvalue weighted by molar-refractivity contribution is 0.306. The lowest BCUT2D eigenvalue weighted by Crippen LogP contribution is -2.45. The molecule has 0 aliphatic carbocycles. The smallest absolute Gasteiger partial charge is 0.172 e. The maximum Gasteiger partial charge on any atom is 0.172 e. The summed E-state index contributed by atoms with van der Waals surface area (Å²) in [5.41, 5.74) is 0. The van der Waals surface area contributed by atoms with Gasteiger partial charge in [-0.1, -0.05) is 11.6 Å². The molecule has 5 heteroatoms. The molecule has 0 saturated carbocycles. The highest BCUT2D eigenvalue weighted by molar-refractivity contribution is 6.29. The summed E-state index contributed by atoms with van der Waals surface area (Å²) in [5.74, 6) is 1.69.